The number of carbonyl (C=O) groups excluding carboxylic acids is 1. The molecule has 2 aromatic carbocycles. The van der Waals surface area contributed by atoms with Gasteiger partial charge in [-0.15, -0.1) is 10.2 Å². The fourth-order valence-corrected chi connectivity index (χ4v) is 3.63. The molecule has 2 heterocycles. The molecule has 1 aromatic heterocycles. The number of primary amides is 1. The van der Waals surface area contributed by atoms with Gasteiger partial charge in [-0.1, -0.05) is 28.1 Å². The molecule has 0 radical (unpaired) electrons. The first-order chi connectivity index (χ1) is 13.5. The van der Waals surface area contributed by atoms with Crippen molar-refractivity contribution >= 4 is 27.5 Å². The lowest BCUT2D eigenvalue weighted by atomic mass is 10.00. The van der Waals surface area contributed by atoms with E-state index in [9.17, 15) is 4.79 Å². The van der Waals surface area contributed by atoms with Crippen LogP contribution in [0.3, 0.4) is 0 Å². The standard InChI is InChI=1S/C20H18BrN5O2/c1-11-24-25-20-16(10-18(22)27)23-19(12-3-5-13(21)6-4-12)15-9-14(28-2)7-8-17(15)26(11)20/h3-9,16H,10H2,1-2H3,(H2,22,27). The van der Waals surface area contributed by atoms with E-state index < -0.39 is 11.9 Å². The van der Waals surface area contributed by atoms with Crippen LogP contribution in [0.25, 0.3) is 5.69 Å². The smallest absolute Gasteiger partial charge is 0.220 e. The third-order valence-electron chi connectivity index (χ3n) is 4.64. The average molecular weight is 440 g/mol. The zero-order valence-corrected chi connectivity index (χ0v) is 17.0. The molecule has 3 aromatic rings. The maximum Gasteiger partial charge on any atom is 0.220 e. The highest BCUT2D eigenvalue weighted by molar-refractivity contribution is 9.10. The van der Waals surface area contributed by atoms with Gasteiger partial charge < -0.3 is 10.5 Å². The molecule has 8 heteroatoms. The number of methoxy groups -OCH3 is 1. The van der Waals surface area contributed by atoms with Gasteiger partial charge in [0, 0.05) is 15.6 Å². The molecule has 142 valence electrons. The number of aryl methyl sites for hydroxylation is 1. The second-order valence-corrected chi connectivity index (χ2v) is 7.41. The Balaban J connectivity index is 2.02. The molecule has 0 bridgehead atoms. The van der Waals surface area contributed by atoms with Crippen molar-refractivity contribution in [3.63, 3.8) is 0 Å². The van der Waals surface area contributed by atoms with Crippen LogP contribution in [-0.2, 0) is 4.79 Å². The van der Waals surface area contributed by atoms with Crippen molar-refractivity contribution in [1.29, 1.82) is 0 Å². The number of nitrogens with two attached hydrogens (primary N) is 1. The van der Waals surface area contributed by atoms with Crippen molar-refractivity contribution in [3.05, 3.63) is 69.7 Å². The molecule has 0 saturated heterocycles. The molecule has 0 spiro atoms. The second kappa shape index (κ2) is 7.20. The molecule has 0 saturated carbocycles. The molecule has 0 fully saturated rings. The maximum atomic E-state index is 11.7. The number of halogens is 1. The van der Waals surface area contributed by atoms with E-state index in [-0.39, 0.29) is 6.42 Å². The number of hydrogen-bond acceptors (Lipinski definition) is 5. The van der Waals surface area contributed by atoms with Gasteiger partial charge in [-0.05, 0) is 37.3 Å². The summed E-state index contributed by atoms with van der Waals surface area (Å²) in [6.45, 7) is 1.87. The number of ether oxygens (including phenoxy) is 1. The highest BCUT2D eigenvalue weighted by atomic mass is 79.9. The minimum absolute atomic E-state index is 0.0449. The average Bonchev–Trinajstić information content (AvgIpc) is 3.00. The lowest BCUT2D eigenvalue weighted by molar-refractivity contribution is -0.118. The third kappa shape index (κ3) is 3.20. The number of fused-ring (bicyclic) bond motifs is 3. The van der Waals surface area contributed by atoms with Crippen molar-refractivity contribution in [2.24, 2.45) is 10.7 Å². The fourth-order valence-electron chi connectivity index (χ4n) is 3.37. The van der Waals surface area contributed by atoms with Gasteiger partial charge in [0.25, 0.3) is 0 Å². The lowest BCUT2D eigenvalue weighted by Crippen LogP contribution is -2.17. The van der Waals surface area contributed by atoms with E-state index in [1.165, 1.54) is 0 Å². The largest absolute Gasteiger partial charge is 0.497 e. The zero-order valence-electron chi connectivity index (χ0n) is 15.4. The Bertz CT molecular complexity index is 1090. The predicted molar refractivity (Wildman–Crippen MR) is 109 cm³/mol. The van der Waals surface area contributed by atoms with E-state index >= 15 is 0 Å². The van der Waals surface area contributed by atoms with E-state index in [0.717, 1.165) is 27.0 Å². The molecule has 7 nitrogen and oxygen atoms in total. The van der Waals surface area contributed by atoms with Gasteiger partial charge in [0.2, 0.25) is 5.91 Å². The number of aromatic nitrogens is 3. The molecule has 2 N–H and O–H groups in total. The second-order valence-electron chi connectivity index (χ2n) is 6.49. The molecular formula is C20H18BrN5O2. The summed E-state index contributed by atoms with van der Waals surface area (Å²) in [5.41, 5.74) is 8.92. The van der Waals surface area contributed by atoms with Gasteiger partial charge in [0.05, 0.1) is 24.9 Å². The summed E-state index contributed by atoms with van der Waals surface area (Å²) < 4.78 is 8.34. The van der Waals surface area contributed by atoms with Crippen LogP contribution >= 0.6 is 15.9 Å². The van der Waals surface area contributed by atoms with E-state index in [1.807, 2.05) is 54.0 Å². The van der Waals surface area contributed by atoms with Crippen LogP contribution in [0.15, 0.2) is 51.9 Å². The van der Waals surface area contributed by atoms with Crippen molar-refractivity contribution in [3.8, 4) is 11.4 Å². The van der Waals surface area contributed by atoms with Crippen LogP contribution in [0.4, 0.5) is 0 Å². The van der Waals surface area contributed by atoms with Gasteiger partial charge in [-0.2, -0.15) is 0 Å². The Labute approximate surface area is 170 Å². The Morgan fingerprint density at radius 2 is 1.96 bits per heavy atom. The summed E-state index contributed by atoms with van der Waals surface area (Å²) in [4.78, 5) is 16.6. The molecule has 1 unspecified atom stereocenters. The number of amides is 1. The first-order valence-electron chi connectivity index (χ1n) is 8.70. The Kier molecular flexibility index (Phi) is 4.72. The highest BCUT2D eigenvalue weighted by Crippen LogP contribution is 2.34. The minimum atomic E-state index is -0.532. The van der Waals surface area contributed by atoms with Crippen LogP contribution < -0.4 is 10.5 Å². The Morgan fingerprint density at radius 3 is 2.64 bits per heavy atom. The minimum Gasteiger partial charge on any atom is -0.497 e. The number of nitrogens with zero attached hydrogens (tertiary/aromatic N) is 4. The van der Waals surface area contributed by atoms with Crippen LogP contribution in [0, 0.1) is 6.92 Å². The molecule has 1 aliphatic rings. The molecule has 28 heavy (non-hydrogen) atoms. The summed E-state index contributed by atoms with van der Waals surface area (Å²) in [7, 11) is 1.63. The monoisotopic (exact) mass is 439 g/mol. The molecule has 0 aliphatic carbocycles. The predicted octanol–water partition coefficient (Wildman–Crippen LogP) is 3.11. The Morgan fingerprint density at radius 1 is 1.21 bits per heavy atom. The quantitative estimate of drug-likeness (QED) is 0.675. The van der Waals surface area contributed by atoms with Crippen LogP contribution in [0.5, 0.6) is 5.75 Å². The van der Waals surface area contributed by atoms with E-state index in [4.69, 9.17) is 15.5 Å². The van der Waals surface area contributed by atoms with E-state index in [1.54, 1.807) is 7.11 Å². The topological polar surface area (TPSA) is 95.4 Å². The summed E-state index contributed by atoms with van der Waals surface area (Å²) in [5.74, 6) is 1.57. The van der Waals surface area contributed by atoms with Gasteiger partial charge in [0.15, 0.2) is 5.82 Å². The van der Waals surface area contributed by atoms with Crippen molar-refractivity contribution in [2.75, 3.05) is 7.11 Å². The van der Waals surface area contributed by atoms with Crippen molar-refractivity contribution in [2.45, 2.75) is 19.4 Å². The molecule has 1 amide bonds. The van der Waals surface area contributed by atoms with Crippen LogP contribution in [0.2, 0.25) is 0 Å². The number of benzene rings is 2. The zero-order chi connectivity index (χ0) is 19.8. The van der Waals surface area contributed by atoms with Gasteiger partial charge in [-0.25, -0.2) is 0 Å². The van der Waals surface area contributed by atoms with Crippen molar-refractivity contribution < 1.29 is 9.53 Å². The normalized spacial score (nSPS) is 15.2. The highest BCUT2D eigenvalue weighted by Gasteiger charge is 2.29. The first-order valence-corrected chi connectivity index (χ1v) is 9.50. The van der Waals surface area contributed by atoms with Gasteiger partial charge >= 0.3 is 0 Å². The summed E-state index contributed by atoms with van der Waals surface area (Å²) >= 11 is 3.47. The fraction of sp³-hybridized carbons (Fsp3) is 0.200. The van der Waals surface area contributed by atoms with Gasteiger partial charge in [-0.3, -0.25) is 14.4 Å². The third-order valence-corrected chi connectivity index (χ3v) is 5.17. The SMILES string of the molecule is COc1ccc2c(c1)C(c1ccc(Br)cc1)=NC(CC(N)=O)c1nnc(C)n1-2. The van der Waals surface area contributed by atoms with Crippen LogP contribution in [-0.4, -0.2) is 33.5 Å². The molecular weight excluding hydrogens is 422 g/mol. The molecule has 1 atom stereocenters. The summed E-state index contributed by atoms with van der Waals surface area (Å²) in [5, 5.41) is 8.50. The summed E-state index contributed by atoms with van der Waals surface area (Å²) in [6, 6.07) is 13.1. The Hall–Kier alpha value is -3.00. The maximum absolute atomic E-state index is 11.7. The number of carbonyl (C=O) groups is 1. The van der Waals surface area contributed by atoms with E-state index in [2.05, 4.69) is 26.1 Å². The number of hydrogen-bond donors (Lipinski definition) is 1. The number of rotatable bonds is 4. The molecule has 1 aliphatic heterocycles. The van der Waals surface area contributed by atoms with Crippen LogP contribution in [0.1, 0.15) is 35.2 Å². The first kappa shape index (κ1) is 18.4. The summed E-state index contributed by atoms with van der Waals surface area (Å²) in [6.07, 6.45) is 0.0449. The van der Waals surface area contributed by atoms with Gasteiger partial charge in [0.1, 0.15) is 17.6 Å². The number of aliphatic imine (C=N–C) groups is 1. The van der Waals surface area contributed by atoms with Crippen molar-refractivity contribution in [1.82, 2.24) is 14.8 Å². The molecule has 4 rings (SSSR count). The lowest BCUT2D eigenvalue weighted by Gasteiger charge is -2.14. The van der Waals surface area contributed by atoms with E-state index in [0.29, 0.717) is 17.4 Å².